The Morgan fingerprint density at radius 1 is 1.00 bits per heavy atom. The van der Waals surface area contributed by atoms with Gasteiger partial charge in [-0.2, -0.15) is 0 Å². The zero-order valence-corrected chi connectivity index (χ0v) is 12.3. The third-order valence-corrected chi connectivity index (χ3v) is 3.50. The van der Waals surface area contributed by atoms with Crippen molar-refractivity contribution in [2.75, 3.05) is 7.11 Å². The summed E-state index contributed by atoms with van der Waals surface area (Å²) >= 11 is 0. The van der Waals surface area contributed by atoms with E-state index in [4.69, 9.17) is 9.15 Å². The topological polar surface area (TPSA) is 39.4 Å². The van der Waals surface area contributed by atoms with Gasteiger partial charge < -0.3 is 9.15 Å². The van der Waals surface area contributed by atoms with Gasteiger partial charge in [0.1, 0.15) is 11.3 Å². The summed E-state index contributed by atoms with van der Waals surface area (Å²) in [7, 11) is 1.56. The summed E-state index contributed by atoms with van der Waals surface area (Å²) in [6.45, 7) is 3.97. The summed E-state index contributed by atoms with van der Waals surface area (Å²) in [6.07, 6.45) is 0. The van der Waals surface area contributed by atoms with Crippen molar-refractivity contribution in [2.45, 2.75) is 13.8 Å². The average Bonchev–Trinajstić information content (AvgIpc) is 2.89. The maximum atomic E-state index is 12.6. The molecular weight excluding hydrogens is 264 g/mol. The third-order valence-electron chi connectivity index (χ3n) is 3.50. The Hall–Kier alpha value is -2.55. The van der Waals surface area contributed by atoms with E-state index in [1.807, 2.05) is 44.2 Å². The molecule has 3 heteroatoms. The number of rotatable bonds is 3. The van der Waals surface area contributed by atoms with E-state index >= 15 is 0 Å². The standard InChI is InChI=1S/C18H16O3/c1-11-5-7-15-13(8-11)10-17(21-15)18(19)14-6-4-12(2)9-16(14)20-3/h4-10H,1-3H3. The lowest BCUT2D eigenvalue weighted by atomic mass is 10.1. The first-order valence-electron chi connectivity index (χ1n) is 6.78. The highest BCUT2D eigenvalue weighted by atomic mass is 16.5. The molecule has 0 fully saturated rings. The van der Waals surface area contributed by atoms with Crippen LogP contribution in [0.2, 0.25) is 0 Å². The number of furan rings is 1. The van der Waals surface area contributed by atoms with Gasteiger partial charge in [-0.3, -0.25) is 4.79 Å². The van der Waals surface area contributed by atoms with Gasteiger partial charge in [0, 0.05) is 5.39 Å². The summed E-state index contributed by atoms with van der Waals surface area (Å²) in [4.78, 5) is 12.6. The molecule has 0 amide bonds. The zero-order valence-electron chi connectivity index (χ0n) is 12.3. The van der Waals surface area contributed by atoms with Gasteiger partial charge in [-0.15, -0.1) is 0 Å². The van der Waals surface area contributed by atoms with Crippen LogP contribution in [-0.2, 0) is 0 Å². The lowest BCUT2D eigenvalue weighted by molar-refractivity contribution is 0.101. The summed E-state index contributed by atoms with van der Waals surface area (Å²) in [5.74, 6) is 0.732. The molecule has 0 atom stereocenters. The van der Waals surface area contributed by atoms with Crippen LogP contribution in [0.4, 0.5) is 0 Å². The molecule has 0 bridgehead atoms. The molecule has 3 aromatic rings. The molecule has 3 rings (SSSR count). The molecule has 0 N–H and O–H groups in total. The highest BCUT2D eigenvalue weighted by molar-refractivity contribution is 6.10. The van der Waals surface area contributed by atoms with Crippen LogP contribution >= 0.6 is 0 Å². The number of carbonyl (C=O) groups is 1. The number of carbonyl (C=O) groups excluding carboxylic acids is 1. The van der Waals surface area contributed by atoms with Crippen molar-refractivity contribution < 1.29 is 13.9 Å². The number of benzene rings is 2. The van der Waals surface area contributed by atoms with Gasteiger partial charge in [-0.05, 0) is 49.7 Å². The van der Waals surface area contributed by atoms with Crippen molar-refractivity contribution in [2.24, 2.45) is 0 Å². The van der Waals surface area contributed by atoms with Crippen molar-refractivity contribution in [3.63, 3.8) is 0 Å². The lowest BCUT2D eigenvalue weighted by Crippen LogP contribution is -2.03. The number of ether oxygens (including phenoxy) is 1. The van der Waals surface area contributed by atoms with E-state index in [-0.39, 0.29) is 5.78 Å². The molecule has 0 aliphatic carbocycles. The molecule has 1 aromatic heterocycles. The van der Waals surface area contributed by atoms with Crippen LogP contribution in [0.3, 0.4) is 0 Å². The number of hydrogen-bond donors (Lipinski definition) is 0. The van der Waals surface area contributed by atoms with E-state index < -0.39 is 0 Å². The fourth-order valence-electron chi connectivity index (χ4n) is 2.39. The fourth-order valence-corrected chi connectivity index (χ4v) is 2.39. The Labute approximate surface area is 123 Å². The van der Waals surface area contributed by atoms with Gasteiger partial charge in [0.2, 0.25) is 5.78 Å². The first kappa shape index (κ1) is 13.4. The quantitative estimate of drug-likeness (QED) is 0.672. The van der Waals surface area contributed by atoms with Gasteiger partial charge in [0.05, 0.1) is 12.7 Å². The second-order valence-corrected chi connectivity index (χ2v) is 5.18. The Morgan fingerprint density at radius 2 is 1.71 bits per heavy atom. The van der Waals surface area contributed by atoms with Crippen LogP contribution in [0.1, 0.15) is 27.2 Å². The minimum Gasteiger partial charge on any atom is -0.496 e. The molecule has 0 aliphatic heterocycles. The SMILES string of the molecule is COc1cc(C)ccc1C(=O)c1cc2cc(C)ccc2o1. The van der Waals surface area contributed by atoms with Crippen LogP contribution in [0.15, 0.2) is 46.9 Å². The van der Waals surface area contributed by atoms with Crippen molar-refractivity contribution in [1.82, 2.24) is 0 Å². The predicted molar refractivity (Wildman–Crippen MR) is 82.1 cm³/mol. The van der Waals surface area contributed by atoms with Gasteiger partial charge >= 0.3 is 0 Å². The van der Waals surface area contributed by atoms with E-state index in [9.17, 15) is 4.79 Å². The van der Waals surface area contributed by atoms with Crippen molar-refractivity contribution in [1.29, 1.82) is 0 Å². The average molecular weight is 280 g/mol. The minimum atomic E-state index is -0.166. The summed E-state index contributed by atoms with van der Waals surface area (Å²) < 4.78 is 11.0. The Balaban J connectivity index is 2.08. The summed E-state index contributed by atoms with van der Waals surface area (Å²) in [5, 5.41) is 0.935. The maximum absolute atomic E-state index is 12.6. The molecule has 2 aromatic carbocycles. The van der Waals surface area contributed by atoms with Crippen molar-refractivity contribution >= 4 is 16.8 Å². The zero-order chi connectivity index (χ0) is 15.0. The van der Waals surface area contributed by atoms with E-state index in [0.29, 0.717) is 17.1 Å². The van der Waals surface area contributed by atoms with Crippen LogP contribution in [0.5, 0.6) is 5.75 Å². The predicted octanol–water partition coefficient (Wildman–Crippen LogP) is 4.29. The number of methoxy groups -OCH3 is 1. The minimum absolute atomic E-state index is 0.166. The van der Waals surface area contributed by atoms with E-state index in [1.165, 1.54) is 0 Å². The molecule has 0 unspecified atom stereocenters. The Kier molecular flexibility index (Phi) is 3.26. The van der Waals surface area contributed by atoms with Crippen molar-refractivity contribution in [3.05, 3.63) is 64.9 Å². The largest absolute Gasteiger partial charge is 0.496 e. The molecule has 0 radical (unpaired) electrons. The lowest BCUT2D eigenvalue weighted by Gasteiger charge is -2.07. The summed E-state index contributed by atoms with van der Waals surface area (Å²) in [5.41, 5.74) is 3.41. The maximum Gasteiger partial charge on any atom is 0.231 e. The molecule has 0 aliphatic rings. The highest BCUT2D eigenvalue weighted by Gasteiger charge is 2.18. The fraction of sp³-hybridized carbons (Fsp3) is 0.167. The van der Waals surface area contributed by atoms with Crippen LogP contribution in [0, 0.1) is 13.8 Å². The molecule has 1 heterocycles. The van der Waals surface area contributed by atoms with E-state index in [2.05, 4.69) is 0 Å². The number of ketones is 1. The first-order chi connectivity index (χ1) is 10.1. The number of aryl methyl sites for hydroxylation is 2. The number of fused-ring (bicyclic) bond motifs is 1. The molecule has 0 saturated heterocycles. The third kappa shape index (κ3) is 2.42. The first-order valence-corrected chi connectivity index (χ1v) is 6.78. The molecule has 3 nitrogen and oxygen atoms in total. The van der Waals surface area contributed by atoms with Gasteiger partial charge in [0.15, 0.2) is 5.76 Å². The molecular formula is C18H16O3. The van der Waals surface area contributed by atoms with Gasteiger partial charge in [-0.25, -0.2) is 0 Å². The highest BCUT2D eigenvalue weighted by Crippen LogP contribution is 2.27. The summed E-state index contributed by atoms with van der Waals surface area (Å²) in [6, 6.07) is 13.1. The van der Waals surface area contributed by atoms with Crippen LogP contribution in [-0.4, -0.2) is 12.9 Å². The van der Waals surface area contributed by atoms with E-state index in [0.717, 1.165) is 22.1 Å². The van der Waals surface area contributed by atoms with Crippen molar-refractivity contribution in [3.8, 4) is 5.75 Å². The number of hydrogen-bond acceptors (Lipinski definition) is 3. The molecule has 21 heavy (non-hydrogen) atoms. The van der Waals surface area contributed by atoms with E-state index in [1.54, 1.807) is 19.2 Å². The van der Waals surface area contributed by atoms with Crippen LogP contribution < -0.4 is 4.74 Å². The molecule has 0 spiro atoms. The van der Waals surface area contributed by atoms with Gasteiger partial charge in [-0.1, -0.05) is 17.7 Å². The second-order valence-electron chi connectivity index (χ2n) is 5.18. The Morgan fingerprint density at radius 3 is 2.48 bits per heavy atom. The Bertz CT molecular complexity index is 828. The molecule has 106 valence electrons. The molecule has 0 saturated carbocycles. The van der Waals surface area contributed by atoms with Gasteiger partial charge in [0.25, 0.3) is 0 Å². The smallest absolute Gasteiger partial charge is 0.231 e. The van der Waals surface area contributed by atoms with Crippen LogP contribution in [0.25, 0.3) is 11.0 Å². The normalized spacial score (nSPS) is 10.8. The second kappa shape index (κ2) is 5.09. The monoisotopic (exact) mass is 280 g/mol.